The highest BCUT2D eigenvalue weighted by atomic mass is 14.9. The molecule has 0 saturated carbocycles. The first kappa shape index (κ1) is 65.1. The second-order valence-corrected chi connectivity index (χ2v) is 22.5. The first-order valence-electron chi connectivity index (χ1n) is 32.4. The van der Waals surface area contributed by atoms with Gasteiger partial charge in [0.2, 0.25) is 0 Å². The molecule has 0 atom stereocenters. The summed E-state index contributed by atoms with van der Waals surface area (Å²) in [6, 6.07) is 0. The summed E-state index contributed by atoms with van der Waals surface area (Å²) >= 11 is 0. The second kappa shape index (κ2) is 55.4. The number of hydrogen-bond acceptors (Lipinski definition) is 2. The van der Waals surface area contributed by atoms with Gasteiger partial charge < -0.3 is 0 Å². The normalized spacial score (nSPS) is 11.7. The van der Waals surface area contributed by atoms with Crippen molar-refractivity contribution in [3.8, 4) is 0 Å². The van der Waals surface area contributed by atoms with Crippen LogP contribution in [0.1, 0.15) is 390 Å². The zero-order valence-corrected chi connectivity index (χ0v) is 47.6. The molecular weight excluding hydrogens is 821 g/mol. The van der Waals surface area contributed by atoms with E-state index in [1.165, 1.54) is 365 Å². The number of aromatic nitrogens is 2. The summed E-state index contributed by atoms with van der Waals surface area (Å²) < 4.78 is 0. The van der Waals surface area contributed by atoms with E-state index in [4.69, 9.17) is 9.97 Å². The van der Waals surface area contributed by atoms with Crippen molar-refractivity contribution in [2.24, 2.45) is 0 Å². The number of nitrogens with zero attached hydrogens (tertiary/aromatic N) is 2. The standard InChI is InChI=1S/C66H127N2/c1-5-9-12-15-18-21-24-27-30-33-36-39-42-45-48-51-54-57-60-63-64(61-58-55-52-49-46-43-40-37-34-31-28-25-22-19-16-13-10-6-2)67-66(8-4)68-65(63)62-59-56-53-50-47-44-41-38-35-32-29-26-23-20-17-14-11-7-3/h4-62H2,1-3H3. The van der Waals surface area contributed by atoms with Gasteiger partial charge in [0.05, 0.1) is 0 Å². The van der Waals surface area contributed by atoms with Crippen LogP contribution in [0.15, 0.2) is 0 Å². The smallest absolute Gasteiger partial charge is 0.128 e. The molecule has 0 aliphatic rings. The lowest BCUT2D eigenvalue weighted by Crippen LogP contribution is -2.11. The van der Waals surface area contributed by atoms with E-state index in [1.54, 1.807) is 5.56 Å². The van der Waals surface area contributed by atoms with Gasteiger partial charge in [0.1, 0.15) is 5.82 Å². The van der Waals surface area contributed by atoms with Crippen molar-refractivity contribution in [1.29, 1.82) is 0 Å². The average molecular weight is 949 g/mol. The van der Waals surface area contributed by atoms with Crippen LogP contribution in [0.25, 0.3) is 0 Å². The fourth-order valence-corrected chi connectivity index (χ4v) is 11.0. The summed E-state index contributed by atoms with van der Waals surface area (Å²) in [5, 5.41) is 0. The molecule has 68 heavy (non-hydrogen) atoms. The molecule has 0 unspecified atom stereocenters. The molecule has 1 rings (SSSR count). The van der Waals surface area contributed by atoms with E-state index in [0.717, 1.165) is 25.1 Å². The van der Waals surface area contributed by atoms with Crippen molar-refractivity contribution in [3.05, 3.63) is 29.7 Å². The van der Waals surface area contributed by atoms with Crippen molar-refractivity contribution < 1.29 is 0 Å². The topological polar surface area (TPSA) is 25.8 Å². The summed E-state index contributed by atoms with van der Waals surface area (Å²) in [6.07, 6.45) is 81.7. The highest BCUT2D eigenvalue weighted by molar-refractivity contribution is 5.27. The summed E-state index contributed by atoms with van der Waals surface area (Å²) in [6.45, 7) is 11.2. The Kier molecular flexibility index (Phi) is 53.0. The predicted molar refractivity (Wildman–Crippen MR) is 309 cm³/mol. The maximum Gasteiger partial charge on any atom is 0.128 e. The van der Waals surface area contributed by atoms with Crippen molar-refractivity contribution in [3.63, 3.8) is 0 Å². The molecule has 0 spiro atoms. The maximum atomic E-state index is 5.22. The molecule has 0 aromatic carbocycles. The van der Waals surface area contributed by atoms with E-state index in [-0.39, 0.29) is 0 Å². The Morgan fingerprint density at radius 1 is 0.221 bits per heavy atom. The summed E-state index contributed by atoms with van der Waals surface area (Å²) in [5.74, 6) is 1.00. The average Bonchev–Trinajstić information content (AvgIpc) is 3.35. The van der Waals surface area contributed by atoms with E-state index in [0.29, 0.717) is 0 Å². The van der Waals surface area contributed by atoms with E-state index in [9.17, 15) is 0 Å². The Morgan fingerprint density at radius 3 is 0.559 bits per heavy atom. The van der Waals surface area contributed by atoms with Gasteiger partial charge in [0.15, 0.2) is 0 Å². The first-order valence-corrected chi connectivity index (χ1v) is 32.4. The third kappa shape index (κ3) is 45.0. The Balaban J connectivity index is 2.39. The first-order chi connectivity index (χ1) is 33.8. The minimum Gasteiger partial charge on any atom is -0.238 e. The van der Waals surface area contributed by atoms with Crippen LogP contribution in [-0.2, 0) is 25.7 Å². The molecule has 0 bridgehead atoms. The van der Waals surface area contributed by atoms with Crippen LogP contribution in [-0.4, -0.2) is 9.97 Å². The molecular formula is C66H127N2. The third-order valence-corrected chi connectivity index (χ3v) is 15.8. The highest BCUT2D eigenvalue weighted by Crippen LogP contribution is 2.23. The molecule has 0 fully saturated rings. The van der Waals surface area contributed by atoms with Gasteiger partial charge in [-0.2, -0.15) is 0 Å². The van der Waals surface area contributed by atoms with Crippen molar-refractivity contribution >= 4 is 0 Å². The summed E-state index contributed by atoms with van der Waals surface area (Å²) in [7, 11) is 0. The van der Waals surface area contributed by atoms with Gasteiger partial charge in [-0.05, 0) is 51.0 Å². The molecule has 1 aromatic heterocycles. The molecule has 1 aromatic rings. The van der Waals surface area contributed by atoms with Gasteiger partial charge in [0, 0.05) is 17.8 Å². The number of aryl methyl sites for hydroxylation is 2. The fourth-order valence-electron chi connectivity index (χ4n) is 11.0. The molecule has 1 heterocycles. The van der Waals surface area contributed by atoms with Gasteiger partial charge >= 0.3 is 0 Å². The van der Waals surface area contributed by atoms with Crippen molar-refractivity contribution in [2.75, 3.05) is 0 Å². The molecule has 0 saturated heterocycles. The van der Waals surface area contributed by atoms with Gasteiger partial charge in [-0.3, -0.25) is 0 Å². The quantitative estimate of drug-likeness (QED) is 0.0608. The lowest BCUT2D eigenvalue weighted by molar-refractivity contribution is 0.523. The largest absolute Gasteiger partial charge is 0.238 e. The summed E-state index contributed by atoms with van der Waals surface area (Å²) in [5.41, 5.74) is 4.36. The third-order valence-electron chi connectivity index (χ3n) is 15.8. The van der Waals surface area contributed by atoms with E-state index in [1.807, 2.05) is 0 Å². The van der Waals surface area contributed by atoms with Gasteiger partial charge in [-0.25, -0.2) is 9.97 Å². The molecule has 0 N–H and O–H groups in total. The zero-order valence-electron chi connectivity index (χ0n) is 47.6. The number of unbranched alkanes of at least 4 members (excludes halogenated alkanes) is 51. The Hall–Kier alpha value is -0.920. The lowest BCUT2D eigenvalue weighted by atomic mass is 9.96. The molecule has 0 amide bonds. The second-order valence-electron chi connectivity index (χ2n) is 22.5. The van der Waals surface area contributed by atoms with Gasteiger partial charge in [-0.15, -0.1) is 0 Å². The van der Waals surface area contributed by atoms with Crippen LogP contribution in [0.5, 0.6) is 0 Å². The predicted octanol–water partition coefficient (Wildman–Crippen LogP) is 23.6. The SMILES string of the molecule is [CH2]Cc1nc(CCCCCCCCCCCCCCCCCCCC)c(CCCCCCCCCCCCCCCCCCCC)c(CCCCCCCCCCCCCCCCCCCC)n1. The van der Waals surface area contributed by atoms with Crippen LogP contribution in [0.3, 0.4) is 0 Å². The Labute approximate surface area is 430 Å². The van der Waals surface area contributed by atoms with Crippen LogP contribution in [0.4, 0.5) is 0 Å². The number of hydrogen-bond donors (Lipinski definition) is 0. The lowest BCUT2D eigenvalue weighted by Gasteiger charge is -2.16. The van der Waals surface area contributed by atoms with Gasteiger partial charge in [0.25, 0.3) is 0 Å². The van der Waals surface area contributed by atoms with Crippen LogP contribution in [0, 0.1) is 6.92 Å². The highest BCUT2D eigenvalue weighted by Gasteiger charge is 2.14. The minimum absolute atomic E-state index is 0.720. The van der Waals surface area contributed by atoms with Crippen LogP contribution in [0.2, 0.25) is 0 Å². The molecule has 401 valence electrons. The van der Waals surface area contributed by atoms with Crippen LogP contribution >= 0.6 is 0 Å². The summed E-state index contributed by atoms with van der Waals surface area (Å²) in [4.78, 5) is 10.4. The molecule has 2 nitrogen and oxygen atoms in total. The van der Waals surface area contributed by atoms with E-state index < -0.39 is 0 Å². The molecule has 2 heteroatoms. The minimum atomic E-state index is 0.720. The Bertz CT molecular complexity index is 1030. The number of rotatable bonds is 58. The zero-order chi connectivity index (χ0) is 48.7. The molecule has 1 radical (unpaired) electrons. The molecule has 0 aliphatic heterocycles. The van der Waals surface area contributed by atoms with Gasteiger partial charge in [-0.1, -0.05) is 348 Å². The van der Waals surface area contributed by atoms with Crippen LogP contribution < -0.4 is 0 Å². The maximum absolute atomic E-state index is 5.22. The Morgan fingerprint density at radius 2 is 0.382 bits per heavy atom. The van der Waals surface area contributed by atoms with E-state index >= 15 is 0 Å². The van der Waals surface area contributed by atoms with Crippen molar-refractivity contribution in [2.45, 2.75) is 393 Å². The fraction of sp³-hybridized carbons (Fsp3) is 0.924. The molecule has 0 aliphatic carbocycles. The van der Waals surface area contributed by atoms with Crippen molar-refractivity contribution in [1.82, 2.24) is 9.97 Å². The monoisotopic (exact) mass is 948 g/mol. The van der Waals surface area contributed by atoms with E-state index in [2.05, 4.69) is 27.7 Å².